The molecular formula is C21H30N4O2. The Morgan fingerprint density at radius 1 is 1.30 bits per heavy atom. The second-order valence-electron chi connectivity index (χ2n) is 7.65. The number of methoxy groups -OCH3 is 1. The summed E-state index contributed by atoms with van der Waals surface area (Å²) in [6.07, 6.45) is 6.23. The third-order valence-corrected chi connectivity index (χ3v) is 5.33. The molecule has 0 radical (unpaired) electrons. The van der Waals surface area contributed by atoms with Crippen LogP contribution in [-0.4, -0.2) is 45.8 Å². The molecule has 0 spiro atoms. The fraction of sp³-hybridized carbons (Fsp3) is 0.571. The van der Waals surface area contributed by atoms with Gasteiger partial charge >= 0.3 is 0 Å². The Morgan fingerprint density at radius 3 is 2.78 bits per heavy atom. The molecule has 1 aliphatic rings. The summed E-state index contributed by atoms with van der Waals surface area (Å²) in [5.74, 6) is 2.59. The molecule has 1 fully saturated rings. The Balaban J connectivity index is 1.52. The van der Waals surface area contributed by atoms with Gasteiger partial charge in [-0.05, 0) is 56.7 Å². The topological polar surface area (TPSA) is 60.2 Å². The molecule has 1 aromatic heterocycles. The lowest BCUT2D eigenvalue weighted by molar-refractivity contribution is -0.133. The number of rotatable bonds is 7. The van der Waals surface area contributed by atoms with E-state index in [1.54, 1.807) is 13.4 Å². The maximum Gasteiger partial charge on any atom is 0.222 e. The maximum atomic E-state index is 12.7. The van der Waals surface area contributed by atoms with Gasteiger partial charge in [0.05, 0.1) is 7.11 Å². The minimum absolute atomic E-state index is 0.251. The summed E-state index contributed by atoms with van der Waals surface area (Å²) in [4.78, 5) is 14.7. The fourth-order valence-electron chi connectivity index (χ4n) is 3.76. The van der Waals surface area contributed by atoms with E-state index in [4.69, 9.17) is 4.74 Å². The number of aryl methyl sites for hydroxylation is 1. The summed E-state index contributed by atoms with van der Waals surface area (Å²) < 4.78 is 7.31. The summed E-state index contributed by atoms with van der Waals surface area (Å²) in [6, 6.07) is 8.32. The molecule has 0 saturated carbocycles. The Kier molecular flexibility index (Phi) is 6.48. The van der Waals surface area contributed by atoms with Crippen molar-refractivity contribution in [3.63, 3.8) is 0 Å². The van der Waals surface area contributed by atoms with Gasteiger partial charge in [0.2, 0.25) is 5.91 Å². The molecule has 3 rings (SSSR count). The molecule has 146 valence electrons. The average molecular weight is 370 g/mol. The third-order valence-electron chi connectivity index (χ3n) is 5.33. The van der Waals surface area contributed by atoms with E-state index in [1.165, 1.54) is 5.56 Å². The summed E-state index contributed by atoms with van der Waals surface area (Å²) in [7, 11) is 1.66. The summed E-state index contributed by atoms with van der Waals surface area (Å²) in [6.45, 7) is 5.98. The number of nitrogens with zero attached hydrogens (tertiary/aromatic N) is 4. The lowest BCUT2D eigenvalue weighted by Gasteiger charge is -2.33. The number of amides is 1. The monoisotopic (exact) mass is 370 g/mol. The van der Waals surface area contributed by atoms with Crippen LogP contribution in [0.3, 0.4) is 0 Å². The highest BCUT2D eigenvalue weighted by Crippen LogP contribution is 2.22. The van der Waals surface area contributed by atoms with E-state index in [0.29, 0.717) is 18.4 Å². The van der Waals surface area contributed by atoms with E-state index in [-0.39, 0.29) is 5.91 Å². The van der Waals surface area contributed by atoms with Crippen LogP contribution in [0.25, 0.3) is 0 Å². The van der Waals surface area contributed by atoms with E-state index in [2.05, 4.69) is 28.6 Å². The molecule has 0 aliphatic carbocycles. The zero-order valence-electron chi connectivity index (χ0n) is 16.6. The lowest BCUT2D eigenvalue weighted by Crippen LogP contribution is -2.40. The second-order valence-corrected chi connectivity index (χ2v) is 7.65. The van der Waals surface area contributed by atoms with Crippen molar-refractivity contribution in [1.82, 2.24) is 19.7 Å². The molecule has 1 aromatic carbocycles. The van der Waals surface area contributed by atoms with Crippen molar-refractivity contribution in [3.05, 3.63) is 42.0 Å². The first-order chi connectivity index (χ1) is 13.1. The van der Waals surface area contributed by atoms with Gasteiger partial charge in [-0.3, -0.25) is 4.79 Å². The number of likely N-dealkylation sites (tertiary alicyclic amines) is 1. The lowest BCUT2D eigenvalue weighted by atomic mass is 9.94. The minimum Gasteiger partial charge on any atom is -0.497 e. The van der Waals surface area contributed by atoms with E-state index in [0.717, 1.165) is 50.3 Å². The van der Waals surface area contributed by atoms with Crippen molar-refractivity contribution in [3.8, 4) is 5.75 Å². The zero-order chi connectivity index (χ0) is 19.2. The van der Waals surface area contributed by atoms with Crippen LogP contribution in [0.4, 0.5) is 0 Å². The quantitative estimate of drug-likeness (QED) is 0.750. The number of carbonyl (C=O) groups excluding carboxylic acids is 1. The first-order valence-electron chi connectivity index (χ1n) is 9.86. The van der Waals surface area contributed by atoms with Crippen LogP contribution in [0, 0.1) is 5.92 Å². The van der Waals surface area contributed by atoms with Crippen molar-refractivity contribution in [1.29, 1.82) is 0 Å². The van der Waals surface area contributed by atoms with Gasteiger partial charge in [-0.2, -0.15) is 0 Å². The van der Waals surface area contributed by atoms with Crippen molar-refractivity contribution in [2.45, 2.75) is 52.0 Å². The average Bonchev–Trinajstić information content (AvgIpc) is 3.15. The standard InChI is InChI=1S/C21H30N4O2/c1-16(2)25-15-22-23-20(25)13-18-5-4-12-24(14-18)21(26)11-8-17-6-9-19(27-3)10-7-17/h6-7,9-10,15-16,18H,4-5,8,11-14H2,1-3H3. The van der Waals surface area contributed by atoms with Crippen molar-refractivity contribution < 1.29 is 9.53 Å². The van der Waals surface area contributed by atoms with Crippen molar-refractivity contribution in [2.24, 2.45) is 5.92 Å². The highest BCUT2D eigenvalue weighted by molar-refractivity contribution is 5.76. The molecule has 27 heavy (non-hydrogen) atoms. The molecule has 1 amide bonds. The van der Waals surface area contributed by atoms with Crippen LogP contribution in [0.5, 0.6) is 5.75 Å². The van der Waals surface area contributed by atoms with Gasteiger partial charge in [0, 0.05) is 32.0 Å². The minimum atomic E-state index is 0.251. The van der Waals surface area contributed by atoms with Crippen LogP contribution in [0.2, 0.25) is 0 Å². The molecule has 1 saturated heterocycles. The number of aromatic nitrogens is 3. The van der Waals surface area contributed by atoms with E-state index >= 15 is 0 Å². The molecule has 6 heteroatoms. The van der Waals surface area contributed by atoms with Gasteiger partial charge in [0.1, 0.15) is 17.9 Å². The van der Waals surface area contributed by atoms with Crippen LogP contribution < -0.4 is 4.74 Å². The number of ether oxygens (including phenoxy) is 1. The van der Waals surface area contributed by atoms with Gasteiger partial charge < -0.3 is 14.2 Å². The molecule has 0 bridgehead atoms. The number of benzene rings is 1. The first-order valence-corrected chi connectivity index (χ1v) is 9.86. The highest BCUT2D eigenvalue weighted by atomic mass is 16.5. The zero-order valence-corrected chi connectivity index (χ0v) is 16.6. The molecule has 6 nitrogen and oxygen atoms in total. The predicted octanol–water partition coefficient (Wildman–Crippen LogP) is 3.28. The number of hydrogen-bond donors (Lipinski definition) is 0. The number of piperidine rings is 1. The largest absolute Gasteiger partial charge is 0.497 e. The number of carbonyl (C=O) groups is 1. The Morgan fingerprint density at radius 2 is 2.07 bits per heavy atom. The summed E-state index contributed by atoms with van der Waals surface area (Å²) in [5, 5.41) is 8.35. The molecule has 1 aliphatic heterocycles. The second kappa shape index (κ2) is 9.02. The van der Waals surface area contributed by atoms with Crippen molar-refractivity contribution in [2.75, 3.05) is 20.2 Å². The Labute approximate surface area is 161 Å². The molecule has 2 heterocycles. The van der Waals surface area contributed by atoms with E-state index in [9.17, 15) is 4.79 Å². The fourth-order valence-corrected chi connectivity index (χ4v) is 3.76. The van der Waals surface area contributed by atoms with Gasteiger partial charge in [0.25, 0.3) is 0 Å². The Bertz CT molecular complexity index is 739. The smallest absolute Gasteiger partial charge is 0.222 e. The van der Waals surface area contributed by atoms with Crippen LogP contribution in [-0.2, 0) is 17.6 Å². The van der Waals surface area contributed by atoms with Crippen LogP contribution in [0.15, 0.2) is 30.6 Å². The van der Waals surface area contributed by atoms with Gasteiger partial charge in [-0.25, -0.2) is 0 Å². The van der Waals surface area contributed by atoms with Gasteiger partial charge in [0.15, 0.2) is 0 Å². The molecule has 1 unspecified atom stereocenters. The maximum absolute atomic E-state index is 12.7. The predicted molar refractivity (Wildman–Crippen MR) is 105 cm³/mol. The van der Waals surface area contributed by atoms with Crippen molar-refractivity contribution >= 4 is 5.91 Å². The normalized spacial score (nSPS) is 17.3. The summed E-state index contributed by atoms with van der Waals surface area (Å²) in [5.41, 5.74) is 1.17. The van der Waals surface area contributed by atoms with Crippen LogP contribution >= 0.6 is 0 Å². The molecule has 2 aromatic rings. The molecule has 0 N–H and O–H groups in total. The molecule has 1 atom stereocenters. The van der Waals surface area contributed by atoms with Crippen LogP contribution in [0.1, 0.15) is 50.5 Å². The van der Waals surface area contributed by atoms with Gasteiger partial charge in [-0.15, -0.1) is 10.2 Å². The molecular weight excluding hydrogens is 340 g/mol. The third kappa shape index (κ3) is 5.08. The number of hydrogen-bond acceptors (Lipinski definition) is 4. The van der Waals surface area contributed by atoms with E-state index < -0.39 is 0 Å². The summed E-state index contributed by atoms with van der Waals surface area (Å²) >= 11 is 0. The van der Waals surface area contributed by atoms with Gasteiger partial charge in [-0.1, -0.05) is 12.1 Å². The highest BCUT2D eigenvalue weighted by Gasteiger charge is 2.25. The van der Waals surface area contributed by atoms with E-state index in [1.807, 2.05) is 29.2 Å². The Hall–Kier alpha value is -2.37. The first kappa shape index (κ1) is 19.4. The SMILES string of the molecule is COc1ccc(CCC(=O)N2CCCC(Cc3nncn3C(C)C)C2)cc1.